The smallest absolute Gasteiger partial charge is 0.498 e. The molecule has 6 heteroatoms. The molecule has 0 unspecified atom stereocenters. The van der Waals surface area contributed by atoms with Gasteiger partial charge in [0.25, 0.3) is 0 Å². The monoisotopic (exact) mass is 173 g/mol. The first-order chi connectivity index (χ1) is 5.18. The molecule has 1 rings (SSSR count). The second kappa shape index (κ2) is 3.57. The van der Waals surface area contributed by atoms with Crippen molar-refractivity contribution in [3.8, 4) is 5.88 Å². The van der Waals surface area contributed by atoms with E-state index in [2.05, 4.69) is 9.64 Å². The van der Waals surface area contributed by atoms with Crippen LogP contribution in [0.25, 0.3) is 0 Å². The molecule has 0 bridgehead atoms. The molecule has 0 aliphatic heterocycles. The summed E-state index contributed by atoms with van der Waals surface area (Å²) in [6, 6.07) is 4.61. The van der Waals surface area contributed by atoms with Gasteiger partial charge in [0.1, 0.15) is 5.15 Å². The molecule has 0 amide bonds. The van der Waals surface area contributed by atoms with Crippen LogP contribution in [0.4, 0.5) is 0 Å². The third-order valence-electron chi connectivity index (χ3n) is 0.916. The molecule has 1 heterocycles. The lowest BCUT2D eigenvalue weighted by atomic mass is 10.3. The summed E-state index contributed by atoms with van der Waals surface area (Å²) in [7, 11) is -1.86. The summed E-state index contributed by atoms with van der Waals surface area (Å²) in [4.78, 5) is 3.64. The molecule has 0 spiro atoms. The maximum atomic E-state index is 8.35. The second-order valence-corrected chi connectivity index (χ2v) is 2.13. The van der Waals surface area contributed by atoms with Crippen LogP contribution < -0.4 is 4.65 Å². The van der Waals surface area contributed by atoms with E-state index in [9.17, 15) is 0 Å². The first-order valence-electron chi connectivity index (χ1n) is 2.84. The Hall–Kier alpha value is -0.775. The van der Waals surface area contributed by atoms with Gasteiger partial charge in [0.15, 0.2) is 5.88 Å². The van der Waals surface area contributed by atoms with Crippen LogP contribution in [-0.4, -0.2) is 22.4 Å². The largest absolute Gasteiger partial charge is 0.708 e. The molecular weight excluding hydrogens is 168 g/mol. The molecular formula is C5H5BClNO3. The lowest BCUT2D eigenvalue weighted by Gasteiger charge is -2.01. The second-order valence-electron chi connectivity index (χ2n) is 1.74. The Bertz CT molecular complexity index is 245. The predicted molar refractivity (Wildman–Crippen MR) is 40.1 cm³/mol. The van der Waals surface area contributed by atoms with Crippen LogP contribution in [0.15, 0.2) is 18.2 Å². The van der Waals surface area contributed by atoms with E-state index in [1.54, 1.807) is 12.1 Å². The Kier molecular flexibility index (Phi) is 2.70. The molecule has 0 aliphatic rings. The molecule has 0 atom stereocenters. The number of halogens is 1. The average molecular weight is 173 g/mol. The van der Waals surface area contributed by atoms with Gasteiger partial charge in [-0.3, -0.25) is 0 Å². The van der Waals surface area contributed by atoms with E-state index in [4.69, 9.17) is 21.6 Å². The lowest BCUT2D eigenvalue weighted by molar-refractivity contribution is 0.283. The molecule has 0 aromatic carbocycles. The highest BCUT2D eigenvalue weighted by molar-refractivity contribution is 6.33. The molecule has 0 radical (unpaired) electrons. The Labute approximate surface area is 68.6 Å². The van der Waals surface area contributed by atoms with Gasteiger partial charge in [0, 0.05) is 0 Å². The highest BCUT2D eigenvalue weighted by Gasteiger charge is 2.11. The summed E-state index contributed by atoms with van der Waals surface area (Å²) in [6.45, 7) is 0. The van der Waals surface area contributed by atoms with E-state index < -0.39 is 7.32 Å². The van der Waals surface area contributed by atoms with Crippen molar-refractivity contribution in [1.29, 1.82) is 0 Å². The molecule has 0 aliphatic carbocycles. The summed E-state index contributed by atoms with van der Waals surface area (Å²) in [5.41, 5.74) is 0. The fourth-order valence-electron chi connectivity index (χ4n) is 0.563. The molecule has 4 nitrogen and oxygen atoms in total. The third kappa shape index (κ3) is 2.75. The first-order valence-corrected chi connectivity index (χ1v) is 3.21. The quantitative estimate of drug-likeness (QED) is 0.491. The van der Waals surface area contributed by atoms with Gasteiger partial charge in [-0.2, -0.15) is 0 Å². The predicted octanol–water partition coefficient (Wildman–Crippen LogP) is 0.0833. The van der Waals surface area contributed by atoms with Crippen LogP contribution in [0.5, 0.6) is 5.88 Å². The molecule has 1 aromatic heterocycles. The van der Waals surface area contributed by atoms with Crippen molar-refractivity contribution in [3.05, 3.63) is 23.4 Å². The molecule has 0 saturated carbocycles. The Morgan fingerprint density at radius 3 is 2.73 bits per heavy atom. The fraction of sp³-hybridized carbons (Fsp3) is 0. The number of aromatic nitrogens is 1. The number of nitrogens with zero attached hydrogens (tertiary/aromatic N) is 1. The van der Waals surface area contributed by atoms with Crippen molar-refractivity contribution in [3.63, 3.8) is 0 Å². The van der Waals surface area contributed by atoms with E-state index in [-0.39, 0.29) is 11.0 Å². The van der Waals surface area contributed by atoms with Gasteiger partial charge in [-0.15, -0.1) is 0 Å². The van der Waals surface area contributed by atoms with E-state index in [1.165, 1.54) is 6.07 Å². The van der Waals surface area contributed by atoms with Gasteiger partial charge >= 0.3 is 7.32 Å². The lowest BCUT2D eigenvalue weighted by Crippen LogP contribution is -2.21. The zero-order chi connectivity index (χ0) is 8.27. The van der Waals surface area contributed by atoms with Crippen LogP contribution in [-0.2, 0) is 0 Å². The number of pyridine rings is 1. The van der Waals surface area contributed by atoms with Crippen LogP contribution in [0.1, 0.15) is 0 Å². The number of hydrogen-bond donors (Lipinski definition) is 2. The fourth-order valence-corrected chi connectivity index (χ4v) is 0.719. The summed E-state index contributed by atoms with van der Waals surface area (Å²) in [6.07, 6.45) is 0. The van der Waals surface area contributed by atoms with Crippen LogP contribution >= 0.6 is 11.6 Å². The molecule has 0 saturated heterocycles. The zero-order valence-electron chi connectivity index (χ0n) is 5.44. The van der Waals surface area contributed by atoms with E-state index >= 15 is 0 Å². The first kappa shape index (κ1) is 8.32. The van der Waals surface area contributed by atoms with Gasteiger partial charge < -0.3 is 14.7 Å². The van der Waals surface area contributed by atoms with Crippen LogP contribution in [0, 0.1) is 0 Å². The molecule has 11 heavy (non-hydrogen) atoms. The maximum Gasteiger partial charge on any atom is 0.708 e. The normalized spacial score (nSPS) is 9.36. The highest BCUT2D eigenvalue weighted by atomic mass is 35.5. The minimum atomic E-state index is -1.86. The Morgan fingerprint density at radius 2 is 2.18 bits per heavy atom. The van der Waals surface area contributed by atoms with Crippen molar-refractivity contribution in [2.45, 2.75) is 0 Å². The van der Waals surface area contributed by atoms with E-state index in [0.29, 0.717) is 0 Å². The molecule has 58 valence electrons. The maximum absolute atomic E-state index is 8.35. The third-order valence-corrected chi connectivity index (χ3v) is 1.13. The van der Waals surface area contributed by atoms with Crippen molar-refractivity contribution < 1.29 is 14.7 Å². The zero-order valence-corrected chi connectivity index (χ0v) is 6.19. The van der Waals surface area contributed by atoms with Gasteiger partial charge in [-0.05, 0) is 12.1 Å². The summed E-state index contributed by atoms with van der Waals surface area (Å²) in [5.74, 6) is 0.0764. The molecule has 1 aromatic rings. The summed E-state index contributed by atoms with van der Waals surface area (Å²) < 4.78 is 4.41. The minimum absolute atomic E-state index is 0.0764. The summed E-state index contributed by atoms with van der Waals surface area (Å²) in [5, 5.41) is 16.9. The van der Waals surface area contributed by atoms with Crippen molar-refractivity contribution in [1.82, 2.24) is 4.98 Å². The van der Waals surface area contributed by atoms with Gasteiger partial charge in [0.05, 0.1) is 0 Å². The van der Waals surface area contributed by atoms with Gasteiger partial charge in [-0.25, -0.2) is 4.98 Å². The van der Waals surface area contributed by atoms with E-state index in [0.717, 1.165) is 0 Å². The van der Waals surface area contributed by atoms with Crippen molar-refractivity contribution in [2.24, 2.45) is 0 Å². The van der Waals surface area contributed by atoms with Crippen LogP contribution in [0.2, 0.25) is 5.15 Å². The highest BCUT2D eigenvalue weighted by Crippen LogP contribution is 2.10. The average Bonchev–Trinajstić information content (AvgIpc) is 1.85. The van der Waals surface area contributed by atoms with Crippen LogP contribution in [0.3, 0.4) is 0 Å². The van der Waals surface area contributed by atoms with Crippen molar-refractivity contribution in [2.75, 3.05) is 0 Å². The number of hydrogen-bond acceptors (Lipinski definition) is 4. The number of rotatable bonds is 2. The Balaban J connectivity index is 2.71. The standard InChI is InChI=1S/C5H5BClNO3/c7-4-2-1-3-5(8-4)11-6(9)10/h1-3,9-10H. The topological polar surface area (TPSA) is 62.6 Å². The molecule has 2 N–H and O–H groups in total. The SMILES string of the molecule is OB(O)Oc1cccc(Cl)n1. The minimum Gasteiger partial charge on any atom is -0.498 e. The van der Waals surface area contributed by atoms with E-state index in [1.807, 2.05) is 0 Å². The van der Waals surface area contributed by atoms with Gasteiger partial charge in [0.2, 0.25) is 0 Å². The molecule has 0 fully saturated rings. The Morgan fingerprint density at radius 1 is 1.45 bits per heavy atom. The van der Waals surface area contributed by atoms with Gasteiger partial charge in [-0.1, -0.05) is 17.7 Å². The van der Waals surface area contributed by atoms with Crippen molar-refractivity contribution >= 4 is 18.9 Å². The summed E-state index contributed by atoms with van der Waals surface area (Å²) >= 11 is 5.47.